The number of carbonyl (C=O) groups excluding carboxylic acids is 1. The first-order valence-electron chi connectivity index (χ1n) is 2.79. The molecule has 58 valence electrons. The van der Waals surface area contributed by atoms with Crippen LogP contribution in [0.1, 0.15) is 0 Å². The smallest absolute Gasteiger partial charge is 0.335 e. The zero-order valence-corrected chi connectivity index (χ0v) is 5.89. The van der Waals surface area contributed by atoms with Crippen LogP contribution in [0.25, 0.3) is 0 Å². The summed E-state index contributed by atoms with van der Waals surface area (Å²) in [5.74, 6) is 0. The van der Waals surface area contributed by atoms with Crippen LogP contribution in [0.2, 0.25) is 0 Å². The molecule has 0 aliphatic carbocycles. The van der Waals surface area contributed by atoms with Gasteiger partial charge in [0.25, 0.3) is 0 Å². The first kappa shape index (κ1) is 8.90. The van der Waals surface area contributed by atoms with Gasteiger partial charge in [-0.2, -0.15) is 5.10 Å². The van der Waals surface area contributed by atoms with E-state index >= 15 is 0 Å². The lowest BCUT2D eigenvalue weighted by Crippen LogP contribution is -2.34. The van der Waals surface area contributed by atoms with Gasteiger partial charge in [0.05, 0.1) is 6.61 Å². The van der Waals surface area contributed by atoms with E-state index in [1.165, 1.54) is 0 Å². The summed E-state index contributed by atoms with van der Waals surface area (Å²) in [6.45, 7) is 4.04. The molecule has 5 nitrogen and oxygen atoms in total. The Morgan fingerprint density at radius 3 is 3.00 bits per heavy atom. The number of amides is 2. The lowest BCUT2D eigenvalue weighted by Gasteiger charge is -2.01. The van der Waals surface area contributed by atoms with Gasteiger partial charge in [0.15, 0.2) is 0 Å². The van der Waals surface area contributed by atoms with E-state index in [0.717, 1.165) is 0 Å². The Kier molecular flexibility index (Phi) is 5.36. The maximum Gasteiger partial charge on any atom is 0.335 e. The van der Waals surface area contributed by atoms with Gasteiger partial charge in [-0.3, -0.25) is 0 Å². The van der Waals surface area contributed by atoms with Crippen molar-refractivity contribution in [1.82, 2.24) is 10.7 Å². The molecular formula is C5H11N3O2. The predicted octanol–water partition coefficient (Wildman–Crippen LogP) is -0.452. The molecule has 0 spiro atoms. The summed E-state index contributed by atoms with van der Waals surface area (Å²) < 4.78 is 4.68. The lowest BCUT2D eigenvalue weighted by atomic mass is 10.7. The van der Waals surface area contributed by atoms with E-state index in [4.69, 9.17) is 0 Å². The molecule has 0 fully saturated rings. The largest absolute Gasteiger partial charge is 0.383 e. The van der Waals surface area contributed by atoms with Crippen LogP contribution in [0.4, 0.5) is 4.79 Å². The minimum atomic E-state index is -0.368. The number of rotatable bonds is 4. The quantitative estimate of drug-likeness (QED) is 0.319. The van der Waals surface area contributed by atoms with Crippen LogP contribution in [0, 0.1) is 0 Å². The minimum absolute atomic E-state index is 0.368. The highest BCUT2D eigenvalue weighted by atomic mass is 16.5. The van der Waals surface area contributed by atoms with Gasteiger partial charge in [0, 0.05) is 20.4 Å². The second-order valence-electron chi connectivity index (χ2n) is 1.52. The van der Waals surface area contributed by atoms with Crippen molar-refractivity contribution in [3.63, 3.8) is 0 Å². The number of methoxy groups -OCH3 is 1. The van der Waals surface area contributed by atoms with Crippen LogP contribution in [0.15, 0.2) is 5.10 Å². The minimum Gasteiger partial charge on any atom is -0.383 e. The van der Waals surface area contributed by atoms with E-state index in [1.54, 1.807) is 7.11 Å². The van der Waals surface area contributed by atoms with Gasteiger partial charge in [0.2, 0.25) is 0 Å². The highest BCUT2D eigenvalue weighted by Crippen LogP contribution is 1.65. The maximum absolute atomic E-state index is 10.5. The number of nitrogens with one attached hydrogen (secondary N) is 2. The molecule has 0 heterocycles. The Hall–Kier alpha value is -1.10. The van der Waals surface area contributed by atoms with E-state index in [1.807, 2.05) is 0 Å². The van der Waals surface area contributed by atoms with Gasteiger partial charge >= 0.3 is 6.03 Å². The van der Waals surface area contributed by atoms with Crippen LogP contribution in [0.3, 0.4) is 0 Å². The van der Waals surface area contributed by atoms with E-state index in [0.29, 0.717) is 13.2 Å². The Bertz CT molecular complexity index is 115. The van der Waals surface area contributed by atoms with Crippen molar-refractivity contribution < 1.29 is 9.53 Å². The average Bonchev–Trinajstić information content (AvgIpc) is 1.89. The fourth-order valence-corrected chi connectivity index (χ4v) is 0.378. The van der Waals surface area contributed by atoms with Crippen molar-refractivity contribution in [3.05, 3.63) is 0 Å². The van der Waals surface area contributed by atoms with Crippen molar-refractivity contribution in [3.8, 4) is 0 Å². The normalized spacial score (nSPS) is 8.50. The third kappa shape index (κ3) is 5.04. The first-order valence-corrected chi connectivity index (χ1v) is 2.79. The third-order valence-corrected chi connectivity index (χ3v) is 0.772. The summed E-state index contributed by atoms with van der Waals surface area (Å²) in [6, 6.07) is -0.368. The fraction of sp³-hybridized carbons (Fsp3) is 0.600. The molecular weight excluding hydrogens is 134 g/mol. The number of hydrogen-bond acceptors (Lipinski definition) is 3. The number of urea groups is 1. The lowest BCUT2D eigenvalue weighted by molar-refractivity contribution is 0.196. The zero-order valence-electron chi connectivity index (χ0n) is 5.89. The third-order valence-electron chi connectivity index (χ3n) is 0.772. The van der Waals surface area contributed by atoms with Crippen LogP contribution in [-0.4, -0.2) is 33.0 Å². The number of hydrogen-bond donors (Lipinski definition) is 2. The molecule has 0 bridgehead atoms. The standard InChI is InChI=1S/C5H11N3O2/c1-6-8-5(9)7-3-4-10-2/h1,3-4H2,2H3,(H2,7,8,9). The van der Waals surface area contributed by atoms with Gasteiger partial charge in [0.1, 0.15) is 0 Å². The molecule has 2 amide bonds. The number of hydrazone groups is 1. The summed E-state index contributed by atoms with van der Waals surface area (Å²) in [5, 5.41) is 5.64. The topological polar surface area (TPSA) is 62.7 Å². The molecule has 0 aliphatic rings. The Balaban J connectivity index is 3.13. The van der Waals surface area contributed by atoms with E-state index < -0.39 is 0 Å². The summed E-state index contributed by atoms with van der Waals surface area (Å²) in [6.07, 6.45) is 0. The van der Waals surface area contributed by atoms with Crippen LogP contribution < -0.4 is 10.7 Å². The molecule has 0 aliphatic heterocycles. The van der Waals surface area contributed by atoms with Crippen LogP contribution >= 0.6 is 0 Å². The molecule has 0 saturated heterocycles. The maximum atomic E-state index is 10.5. The number of nitrogens with zero attached hydrogens (tertiary/aromatic N) is 1. The van der Waals surface area contributed by atoms with Gasteiger partial charge in [-0.25, -0.2) is 10.2 Å². The van der Waals surface area contributed by atoms with E-state index in [2.05, 4.69) is 27.3 Å². The SMILES string of the molecule is C=NNC(=O)NCCOC. The molecule has 5 heteroatoms. The highest BCUT2D eigenvalue weighted by Gasteiger charge is 1.93. The van der Waals surface area contributed by atoms with Crippen LogP contribution in [-0.2, 0) is 4.74 Å². The average molecular weight is 145 g/mol. The van der Waals surface area contributed by atoms with Gasteiger partial charge in [-0.1, -0.05) is 0 Å². The first-order chi connectivity index (χ1) is 4.81. The molecule has 0 rings (SSSR count). The second-order valence-corrected chi connectivity index (χ2v) is 1.52. The molecule has 0 radical (unpaired) electrons. The molecule has 0 aromatic carbocycles. The summed E-state index contributed by atoms with van der Waals surface area (Å²) in [5.41, 5.74) is 2.11. The highest BCUT2D eigenvalue weighted by molar-refractivity contribution is 5.73. The van der Waals surface area contributed by atoms with Crippen LogP contribution in [0.5, 0.6) is 0 Å². The van der Waals surface area contributed by atoms with Gasteiger partial charge in [-0.05, 0) is 0 Å². The number of ether oxygens (including phenoxy) is 1. The van der Waals surface area contributed by atoms with Crippen molar-refractivity contribution in [2.45, 2.75) is 0 Å². The Morgan fingerprint density at radius 2 is 2.50 bits per heavy atom. The molecule has 2 N–H and O–H groups in total. The fourth-order valence-electron chi connectivity index (χ4n) is 0.378. The monoisotopic (exact) mass is 145 g/mol. The van der Waals surface area contributed by atoms with Crippen molar-refractivity contribution >= 4 is 12.7 Å². The number of carbonyl (C=O) groups is 1. The summed E-state index contributed by atoms with van der Waals surface area (Å²) in [4.78, 5) is 10.5. The van der Waals surface area contributed by atoms with Crippen molar-refractivity contribution in [2.24, 2.45) is 5.10 Å². The summed E-state index contributed by atoms with van der Waals surface area (Å²) in [7, 11) is 1.56. The Labute approximate surface area is 59.4 Å². The van der Waals surface area contributed by atoms with Crippen molar-refractivity contribution in [1.29, 1.82) is 0 Å². The zero-order chi connectivity index (χ0) is 7.82. The van der Waals surface area contributed by atoms with Crippen molar-refractivity contribution in [2.75, 3.05) is 20.3 Å². The van der Waals surface area contributed by atoms with E-state index in [9.17, 15) is 4.79 Å². The predicted molar refractivity (Wildman–Crippen MR) is 38.0 cm³/mol. The van der Waals surface area contributed by atoms with Gasteiger partial charge < -0.3 is 10.1 Å². The Morgan fingerprint density at radius 1 is 1.80 bits per heavy atom. The molecule has 0 unspecified atom stereocenters. The van der Waals surface area contributed by atoms with Gasteiger partial charge in [-0.15, -0.1) is 0 Å². The summed E-state index contributed by atoms with van der Waals surface area (Å²) >= 11 is 0. The van der Waals surface area contributed by atoms with E-state index in [-0.39, 0.29) is 6.03 Å². The molecule has 0 atom stereocenters. The molecule has 0 aromatic heterocycles. The molecule has 10 heavy (non-hydrogen) atoms. The molecule has 0 aromatic rings. The second kappa shape index (κ2) is 6.03. The molecule has 0 saturated carbocycles.